The molecule has 3 rings (SSSR count). The van der Waals surface area contributed by atoms with Gasteiger partial charge in [0.15, 0.2) is 0 Å². The minimum atomic E-state index is -0.764. The highest BCUT2D eigenvalue weighted by Gasteiger charge is 2.30. The third kappa shape index (κ3) is 4.66. The number of carboxylic acids is 1. The average Bonchev–Trinajstić information content (AvgIpc) is 2.55. The third-order valence-corrected chi connectivity index (χ3v) is 5.58. The molecule has 0 saturated heterocycles. The molecule has 0 spiro atoms. The van der Waals surface area contributed by atoms with Gasteiger partial charge in [0.05, 0.1) is 18.2 Å². The molecule has 0 unspecified atom stereocenters. The number of ether oxygens (including phenoxy) is 1. The van der Waals surface area contributed by atoms with Crippen molar-refractivity contribution < 1.29 is 19.4 Å². The van der Waals surface area contributed by atoms with Crippen LogP contribution in [0.2, 0.25) is 5.02 Å². The Morgan fingerprint density at radius 1 is 1.12 bits per heavy atom. The van der Waals surface area contributed by atoms with Gasteiger partial charge >= 0.3 is 5.97 Å². The molecule has 0 atom stereocenters. The zero-order valence-corrected chi connectivity index (χ0v) is 14.9. The van der Waals surface area contributed by atoms with Crippen LogP contribution in [-0.4, -0.2) is 23.6 Å². The molecule has 1 amide bonds. The first-order chi connectivity index (χ1) is 12.0. The van der Waals surface area contributed by atoms with Crippen molar-refractivity contribution in [1.82, 2.24) is 0 Å². The minimum Gasteiger partial charge on any atom is -0.491 e. The zero-order valence-electron chi connectivity index (χ0n) is 14.2. The molecule has 0 bridgehead atoms. The van der Waals surface area contributed by atoms with Crippen LogP contribution in [0.25, 0.3) is 0 Å². The molecule has 0 radical (unpaired) electrons. The second-order valence-electron chi connectivity index (χ2n) is 7.12. The van der Waals surface area contributed by atoms with Gasteiger partial charge in [0.25, 0.3) is 0 Å². The predicted octanol–water partition coefficient (Wildman–Crippen LogP) is 4.35. The van der Waals surface area contributed by atoms with E-state index in [-0.39, 0.29) is 17.7 Å². The Bertz CT molecular complexity index is 636. The van der Waals surface area contributed by atoms with Crippen LogP contribution in [0.4, 0.5) is 5.69 Å². The van der Waals surface area contributed by atoms with Crippen molar-refractivity contribution in [2.75, 3.05) is 11.9 Å². The topological polar surface area (TPSA) is 75.6 Å². The summed E-state index contributed by atoms with van der Waals surface area (Å²) in [5.74, 6) is -0.0833. The number of benzene rings is 1. The van der Waals surface area contributed by atoms with E-state index in [0.29, 0.717) is 54.7 Å². The summed E-state index contributed by atoms with van der Waals surface area (Å²) >= 11 is 6.07. The number of carbonyl (C=O) groups is 2. The lowest BCUT2D eigenvalue weighted by Gasteiger charge is -2.27. The Morgan fingerprint density at radius 2 is 1.80 bits per heavy atom. The van der Waals surface area contributed by atoms with E-state index in [1.54, 1.807) is 18.2 Å². The zero-order chi connectivity index (χ0) is 17.8. The van der Waals surface area contributed by atoms with Gasteiger partial charge in [-0.1, -0.05) is 18.0 Å². The smallest absolute Gasteiger partial charge is 0.306 e. The molecule has 6 heteroatoms. The fraction of sp³-hybridized carbons (Fsp3) is 0.579. The maximum Gasteiger partial charge on any atom is 0.306 e. The van der Waals surface area contributed by atoms with Crippen LogP contribution in [0.5, 0.6) is 5.75 Å². The van der Waals surface area contributed by atoms with Crippen LogP contribution < -0.4 is 10.1 Å². The third-order valence-electron chi connectivity index (χ3n) is 5.35. The second kappa shape index (κ2) is 8.09. The number of halogens is 1. The standard InChI is InChI=1S/C19H24ClNO4/c20-15-8-9-17(25-11-12-2-1-3-12)16(10-15)21-18(22)13-4-6-14(7-5-13)19(23)24/h8-10,12-14H,1-7,11H2,(H,21,22)(H,23,24). The van der Waals surface area contributed by atoms with E-state index in [1.165, 1.54) is 19.3 Å². The molecule has 5 nitrogen and oxygen atoms in total. The lowest BCUT2D eigenvalue weighted by Crippen LogP contribution is -2.29. The van der Waals surface area contributed by atoms with Gasteiger partial charge in [0, 0.05) is 10.9 Å². The van der Waals surface area contributed by atoms with Crippen molar-refractivity contribution in [2.45, 2.75) is 44.9 Å². The summed E-state index contributed by atoms with van der Waals surface area (Å²) in [6, 6.07) is 5.25. The molecule has 0 heterocycles. The van der Waals surface area contributed by atoms with Crippen molar-refractivity contribution in [3.8, 4) is 5.75 Å². The van der Waals surface area contributed by atoms with Crippen LogP contribution in [0.3, 0.4) is 0 Å². The molecule has 1 aromatic rings. The number of rotatable bonds is 6. The Kier molecular flexibility index (Phi) is 5.84. The van der Waals surface area contributed by atoms with E-state index < -0.39 is 5.97 Å². The predicted molar refractivity (Wildman–Crippen MR) is 96.0 cm³/mol. The molecule has 2 aliphatic rings. The number of aliphatic carboxylic acids is 1. The number of carbonyl (C=O) groups excluding carboxylic acids is 1. The molecule has 2 aliphatic carbocycles. The molecule has 0 aliphatic heterocycles. The molecule has 2 N–H and O–H groups in total. The Labute approximate surface area is 152 Å². The monoisotopic (exact) mass is 365 g/mol. The maximum absolute atomic E-state index is 12.6. The van der Waals surface area contributed by atoms with E-state index in [9.17, 15) is 9.59 Å². The first kappa shape index (κ1) is 18.1. The highest BCUT2D eigenvalue weighted by atomic mass is 35.5. The Balaban J connectivity index is 1.60. The van der Waals surface area contributed by atoms with E-state index in [4.69, 9.17) is 21.4 Å². The second-order valence-corrected chi connectivity index (χ2v) is 7.56. The highest BCUT2D eigenvalue weighted by molar-refractivity contribution is 6.31. The average molecular weight is 366 g/mol. The molecular weight excluding hydrogens is 342 g/mol. The van der Waals surface area contributed by atoms with Gasteiger partial charge in [-0.15, -0.1) is 0 Å². The summed E-state index contributed by atoms with van der Waals surface area (Å²) in [6.45, 7) is 0.661. The Morgan fingerprint density at radius 3 is 2.40 bits per heavy atom. The van der Waals surface area contributed by atoms with Crippen molar-refractivity contribution in [2.24, 2.45) is 17.8 Å². The first-order valence-electron chi connectivity index (χ1n) is 8.99. The summed E-state index contributed by atoms with van der Waals surface area (Å²) in [5.41, 5.74) is 0.595. The van der Waals surface area contributed by atoms with E-state index in [1.807, 2.05) is 0 Å². The number of carboxylic acid groups (broad SMARTS) is 1. The summed E-state index contributed by atoms with van der Waals surface area (Å²) in [4.78, 5) is 23.6. The van der Waals surface area contributed by atoms with E-state index >= 15 is 0 Å². The SMILES string of the molecule is O=C(O)C1CCC(C(=O)Nc2cc(Cl)ccc2OCC2CCC2)CC1. The number of nitrogens with one attached hydrogen (secondary N) is 1. The first-order valence-corrected chi connectivity index (χ1v) is 9.36. The largest absolute Gasteiger partial charge is 0.491 e. The van der Waals surface area contributed by atoms with Gasteiger partial charge in [0.1, 0.15) is 5.75 Å². The van der Waals surface area contributed by atoms with Crippen LogP contribution in [0.1, 0.15) is 44.9 Å². The van der Waals surface area contributed by atoms with Crippen molar-refractivity contribution in [1.29, 1.82) is 0 Å². The number of hydrogen-bond acceptors (Lipinski definition) is 3. The van der Waals surface area contributed by atoms with Gasteiger partial charge in [-0.25, -0.2) is 0 Å². The van der Waals surface area contributed by atoms with Crippen LogP contribution in [0, 0.1) is 17.8 Å². The molecule has 2 saturated carbocycles. The summed E-state index contributed by atoms with van der Waals surface area (Å²) in [5, 5.41) is 12.5. The van der Waals surface area contributed by atoms with Crippen LogP contribution in [-0.2, 0) is 9.59 Å². The fourth-order valence-corrected chi connectivity index (χ4v) is 3.60. The van der Waals surface area contributed by atoms with Crippen molar-refractivity contribution >= 4 is 29.2 Å². The lowest BCUT2D eigenvalue weighted by molar-refractivity contribution is -0.143. The molecule has 0 aromatic heterocycles. The summed E-state index contributed by atoms with van der Waals surface area (Å²) < 4.78 is 5.88. The van der Waals surface area contributed by atoms with Crippen LogP contribution >= 0.6 is 11.6 Å². The van der Waals surface area contributed by atoms with Gasteiger partial charge in [-0.3, -0.25) is 9.59 Å². The van der Waals surface area contributed by atoms with Crippen molar-refractivity contribution in [3.05, 3.63) is 23.2 Å². The molecular formula is C19H24ClNO4. The minimum absolute atomic E-state index is 0.0837. The fourth-order valence-electron chi connectivity index (χ4n) is 3.43. The van der Waals surface area contributed by atoms with E-state index in [0.717, 1.165) is 0 Å². The quantitative estimate of drug-likeness (QED) is 0.785. The van der Waals surface area contributed by atoms with Gasteiger partial charge in [0.2, 0.25) is 5.91 Å². The van der Waals surface area contributed by atoms with Crippen molar-refractivity contribution in [3.63, 3.8) is 0 Å². The molecule has 136 valence electrons. The molecule has 1 aromatic carbocycles. The molecule has 2 fully saturated rings. The van der Waals surface area contributed by atoms with Crippen LogP contribution in [0.15, 0.2) is 18.2 Å². The summed E-state index contributed by atoms with van der Waals surface area (Å²) in [6.07, 6.45) is 5.95. The van der Waals surface area contributed by atoms with Gasteiger partial charge in [-0.2, -0.15) is 0 Å². The van der Waals surface area contributed by atoms with E-state index in [2.05, 4.69) is 5.32 Å². The molecule has 25 heavy (non-hydrogen) atoms. The number of anilines is 1. The number of hydrogen-bond donors (Lipinski definition) is 2. The van der Waals surface area contributed by atoms with Gasteiger partial charge in [-0.05, 0) is 62.6 Å². The maximum atomic E-state index is 12.6. The summed E-state index contributed by atoms with van der Waals surface area (Å²) in [7, 11) is 0. The number of amides is 1. The highest BCUT2D eigenvalue weighted by Crippen LogP contribution is 2.34. The Hall–Kier alpha value is -1.75. The van der Waals surface area contributed by atoms with Gasteiger partial charge < -0.3 is 15.2 Å². The normalized spacial score (nSPS) is 23.6. The lowest BCUT2D eigenvalue weighted by atomic mass is 9.81.